The molecule has 0 saturated heterocycles. The Hall–Kier alpha value is -3.46. The number of sulfonamides is 1. The number of benzene rings is 3. The van der Waals surface area contributed by atoms with E-state index in [0.29, 0.717) is 18.7 Å². The zero-order valence-corrected chi connectivity index (χ0v) is 23.7. The van der Waals surface area contributed by atoms with Crippen molar-refractivity contribution in [3.8, 4) is 5.75 Å². The molecule has 0 saturated carbocycles. The molecule has 0 aliphatic heterocycles. The molecule has 0 unspecified atom stereocenters. The van der Waals surface area contributed by atoms with Gasteiger partial charge in [0.1, 0.15) is 11.6 Å². The van der Waals surface area contributed by atoms with Gasteiger partial charge < -0.3 is 14.6 Å². The zero-order valence-electron chi connectivity index (χ0n) is 22.9. The van der Waals surface area contributed by atoms with Crippen molar-refractivity contribution in [2.24, 2.45) is 0 Å². The Kier molecular flexibility index (Phi) is 9.56. The van der Waals surface area contributed by atoms with Crippen LogP contribution >= 0.6 is 0 Å². The van der Waals surface area contributed by atoms with E-state index in [2.05, 4.69) is 82.0 Å². The van der Waals surface area contributed by atoms with Crippen LogP contribution in [0.3, 0.4) is 0 Å². The third-order valence-electron chi connectivity index (χ3n) is 6.89. The molecule has 0 radical (unpaired) electrons. The maximum absolute atomic E-state index is 12.5. The molecular weight excluding hydrogens is 508 g/mol. The monoisotopic (exact) mass is 546 g/mol. The van der Waals surface area contributed by atoms with Gasteiger partial charge in [-0.2, -0.15) is 0 Å². The van der Waals surface area contributed by atoms with Gasteiger partial charge in [0.05, 0.1) is 12.0 Å². The Morgan fingerprint density at radius 3 is 2.28 bits per heavy atom. The molecule has 206 valence electrons. The van der Waals surface area contributed by atoms with Crippen molar-refractivity contribution in [1.29, 1.82) is 0 Å². The highest BCUT2D eigenvalue weighted by molar-refractivity contribution is 7.89. The van der Waals surface area contributed by atoms with E-state index in [4.69, 9.17) is 4.74 Å². The van der Waals surface area contributed by atoms with E-state index < -0.39 is 10.0 Å². The number of nitrogens with zero attached hydrogens (tertiary/aromatic N) is 2. The summed E-state index contributed by atoms with van der Waals surface area (Å²) in [6, 6.07) is 25.2. The number of hydrogen-bond donors (Lipinski definition) is 2. The second kappa shape index (κ2) is 13.1. The summed E-state index contributed by atoms with van der Waals surface area (Å²) in [4.78, 5) is 4.79. The van der Waals surface area contributed by atoms with Crippen molar-refractivity contribution in [1.82, 2.24) is 19.6 Å². The average Bonchev–Trinajstić information content (AvgIpc) is 3.38. The van der Waals surface area contributed by atoms with Crippen LogP contribution < -0.4 is 14.8 Å². The van der Waals surface area contributed by atoms with Crippen LogP contribution in [0, 0.1) is 0 Å². The first-order valence-corrected chi connectivity index (χ1v) is 14.8. The van der Waals surface area contributed by atoms with E-state index in [1.165, 1.54) is 11.1 Å². The van der Waals surface area contributed by atoms with Gasteiger partial charge in [0.2, 0.25) is 10.0 Å². The van der Waals surface area contributed by atoms with Gasteiger partial charge in [0, 0.05) is 37.4 Å². The Balaban J connectivity index is 1.22. The topological polar surface area (TPSA) is 85.2 Å². The smallest absolute Gasteiger partial charge is 0.240 e. The zero-order chi connectivity index (χ0) is 27.7. The summed E-state index contributed by atoms with van der Waals surface area (Å²) in [5, 5.41) is 3.68. The minimum absolute atomic E-state index is 0.187. The van der Waals surface area contributed by atoms with E-state index >= 15 is 0 Å². The lowest BCUT2D eigenvalue weighted by Crippen LogP contribution is -2.37. The summed E-state index contributed by atoms with van der Waals surface area (Å²) >= 11 is 0. The lowest BCUT2D eigenvalue weighted by Gasteiger charge is -2.27. The highest BCUT2D eigenvalue weighted by Gasteiger charge is 2.19. The van der Waals surface area contributed by atoms with Crippen LogP contribution in [0.4, 0.5) is 0 Å². The summed E-state index contributed by atoms with van der Waals surface area (Å²) in [6.45, 7) is 6.41. The van der Waals surface area contributed by atoms with Crippen molar-refractivity contribution in [3.05, 3.63) is 114 Å². The van der Waals surface area contributed by atoms with E-state index in [0.717, 1.165) is 37.3 Å². The SMILES string of the molecule is COc1ccc(S(=O)(=O)NCCc2ccc(C(C)(C)NCCCc3nccn3Cc3ccccc3)cc2)cc1. The van der Waals surface area contributed by atoms with Crippen LogP contribution in [0.25, 0.3) is 0 Å². The lowest BCUT2D eigenvalue weighted by atomic mass is 9.93. The Morgan fingerprint density at radius 1 is 0.872 bits per heavy atom. The molecule has 0 amide bonds. The van der Waals surface area contributed by atoms with E-state index in [1.54, 1.807) is 31.4 Å². The van der Waals surface area contributed by atoms with Crippen LogP contribution in [0.2, 0.25) is 0 Å². The Morgan fingerprint density at radius 2 is 1.59 bits per heavy atom. The number of aryl methyl sites for hydroxylation is 1. The van der Waals surface area contributed by atoms with Crippen molar-refractivity contribution < 1.29 is 13.2 Å². The number of nitrogens with one attached hydrogen (secondary N) is 2. The molecule has 7 nitrogen and oxygen atoms in total. The van der Waals surface area contributed by atoms with Crippen LogP contribution in [-0.2, 0) is 34.9 Å². The molecule has 4 aromatic rings. The second-order valence-corrected chi connectivity index (χ2v) is 11.9. The van der Waals surface area contributed by atoms with E-state index in [9.17, 15) is 8.42 Å². The molecule has 1 heterocycles. The summed E-state index contributed by atoms with van der Waals surface area (Å²) < 4.78 is 35.1. The van der Waals surface area contributed by atoms with Gasteiger partial charge in [-0.3, -0.25) is 0 Å². The number of aromatic nitrogens is 2. The highest BCUT2D eigenvalue weighted by atomic mass is 32.2. The molecule has 0 spiro atoms. The van der Waals surface area contributed by atoms with Crippen LogP contribution in [0.5, 0.6) is 5.75 Å². The van der Waals surface area contributed by atoms with Crippen molar-refractivity contribution in [3.63, 3.8) is 0 Å². The summed E-state index contributed by atoms with van der Waals surface area (Å²) in [5.74, 6) is 1.72. The predicted octanol–water partition coefficient (Wildman–Crippen LogP) is 4.92. The number of imidazole rings is 1. The Labute approximate surface area is 232 Å². The molecule has 4 rings (SSSR count). The molecule has 8 heteroatoms. The maximum atomic E-state index is 12.5. The van der Waals surface area contributed by atoms with Gasteiger partial charge in [0.15, 0.2) is 0 Å². The molecule has 1 aromatic heterocycles. The van der Waals surface area contributed by atoms with Gasteiger partial charge in [0.25, 0.3) is 0 Å². The second-order valence-electron chi connectivity index (χ2n) is 10.1. The lowest BCUT2D eigenvalue weighted by molar-refractivity contribution is 0.398. The quantitative estimate of drug-likeness (QED) is 0.219. The van der Waals surface area contributed by atoms with Crippen LogP contribution in [0.1, 0.15) is 42.8 Å². The molecule has 0 atom stereocenters. The van der Waals surface area contributed by atoms with E-state index in [-0.39, 0.29) is 10.4 Å². The van der Waals surface area contributed by atoms with Gasteiger partial charge >= 0.3 is 0 Å². The number of methoxy groups -OCH3 is 1. The largest absolute Gasteiger partial charge is 0.497 e. The first-order chi connectivity index (χ1) is 18.8. The third-order valence-corrected chi connectivity index (χ3v) is 8.37. The third kappa shape index (κ3) is 8.02. The molecule has 0 aliphatic rings. The first kappa shape index (κ1) is 28.5. The standard InChI is InChI=1S/C31H38N4O3S/c1-31(2,33-20-7-10-30-32-22-23-35(30)24-26-8-5-4-6-9-26)27-13-11-25(12-14-27)19-21-34-39(36,37)29-17-15-28(38-3)16-18-29/h4-6,8-9,11-18,22-23,33-34H,7,10,19-21,24H2,1-3H3. The first-order valence-electron chi connectivity index (χ1n) is 13.3. The molecular formula is C31H38N4O3S. The molecule has 39 heavy (non-hydrogen) atoms. The summed E-state index contributed by atoms with van der Waals surface area (Å²) in [5.41, 5.74) is 3.36. The molecule has 2 N–H and O–H groups in total. The Bertz CT molecular complexity index is 1410. The fraction of sp³-hybridized carbons (Fsp3) is 0.323. The van der Waals surface area contributed by atoms with Crippen molar-refractivity contribution in [2.45, 2.75) is 50.1 Å². The van der Waals surface area contributed by atoms with Crippen LogP contribution in [0.15, 0.2) is 96.2 Å². The minimum atomic E-state index is -3.56. The minimum Gasteiger partial charge on any atom is -0.497 e. The number of rotatable bonds is 14. The van der Waals surface area contributed by atoms with Crippen LogP contribution in [-0.4, -0.2) is 38.2 Å². The molecule has 0 fully saturated rings. The summed E-state index contributed by atoms with van der Waals surface area (Å²) in [6.07, 6.45) is 6.43. The molecule has 0 aliphatic carbocycles. The number of ether oxygens (including phenoxy) is 1. The van der Waals surface area contributed by atoms with Gasteiger partial charge in [-0.25, -0.2) is 18.1 Å². The van der Waals surface area contributed by atoms with Gasteiger partial charge in [-0.1, -0.05) is 54.6 Å². The molecule has 3 aromatic carbocycles. The number of hydrogen-bond acceptors (Lipinski definition) is 5. The fourth-order valence-corrected chi connectivity index (χ4v) is 5.53. The van der Waals surface area contributed by atoms with E-state index in [1.807, 2.05) is 18.5 Å². The van der Waals surface area contributed by atoms with Gasteiger partial charge in [-0.15, -0.1) is 0 Å². The van der Waals surface area contributed by atoms with Crippen molar-refractivity contribution >= 4 is 10.0 Å². The highest BCUT2D eigenvalue weighted by Crippen LogP contribution is 2.21. The summed E-state index contributed by atoms with van der Waals surface area (Å²) in [7, 11) is -2.01. The maximum Gasteiger partial charge on any atom is 0.240 e. The van der Waals surface area contributed by atoms with Crippen molar-refractivity contribution in [2.75, 3.05) is 20.2 Å². The van der Waals surface area contributed by atoms with Gasteiger partial charge in [-0.05, 0) is 74.2 Å². The molecule has 0 bridgehead atoms. The average molecular weight is 547 g/mol. The fourth-order valence-electron chi connectivity index (χ4n) is 4.50. The normalized spacial score (nSPS) is 12.0. The predicted molar refractivity (Wildman–Crippen MR) is 155 cm³/mol.